The number of unbranched alkanes of at least 4 members (excludes halogenated alkanes) is 19. The van der Waals surface area contributed by atoms with Crippen molar-refractivity contribution >= 4 is 0 Å². The standard InChI is InChI=1S/C32H64O3/c1-3-5-7-9-22-26-30-34-32(35-31-27-23-10-8-6-4-2)28-24-20-18-16-14-12-11-13-15-17-19-21-25-29-33/h19,21,32-33H,3-18,20,22-31H2,1-2H3/b21-19-. The Hall–Kier alpha value is -0.380. The summed E-state index contributed by atoms with van der Waals surface area (Å²) in [6.07, 6.45) is 35.2. The van der Waals surface area contributed by atoms with E-state index in [2.05, 4.69) is 26.0 Å². The lowest BCUT2D eigenvalue weighted by molar-refractivity contribution is -0.148. The van der Waals surface area contributed by atoms with E-state index >= 15 is 0 Å². The van der Waals surface area contributed by atoms with Gasteiger partial charge in [0.05, 0.1) is 0 Å². The summed E-state index contributed by atoms with van der Waals surface area (Å²) in [4.78, 5) is 0. The van der Waals surface area contributed by atoms with E-state index in [0.29, 0.717) is 0 Å². The van der Waals surface area contributed by atoms with Gasteiger partial charge in [0, 0.05) is 19.8 Å². The van der Waals surface area contributed by atoms with Crippen molar-refractivity contribution in [1.82, 2.24) is 0 Å². The van der Waals surface area contributed by atoms with Crippen LogP contribution in [0.15, 0.2) is 12.2 Å². The highest BCUT2D eigenvalue weighted by Crippen LogP contribution is 2.15. The van der Waals surface area contributed by atoms with Crippen LogP contribution in [0.1, 0.15) is 168 Å². The number of allylic oxidation sites excluding steroid dienone is 1. The molecule has 0 atom stereocenters. The third-order valence-corrected chi connectivity index (χ3v) is 6.88. The second-order valence-electron chi connectivity index (χ2n) is 10.4. The summed E-state index contributed by atoms with van der Waals surface area (Å²) in [5.41, 5.74) is 0. The largest absolute Gasteiger partial charge is 0.396 e. The van der Waals surface area contributed by atoms with E-state index in [1.807, 2.05) is 0 Å². The number of hydrogen-bond donors (Lipinski definition) is 1. The predicted octanol–water partition coefficient (Wildman–Crippen LogP) is 10.3. The lowest BCUT2D eigenvalue weighted by Crippen LogP contribution is -2.19. The average molecular weight is 497 g/mol. The highest BCUT2D eigenvalue weighted by molar-refractivity contribution is 4.80. The molecule has 0 unspecified atom stereocenters. The molecule has 0 aromatic rings. The first-order valence-electron chi connectivity index (χ1n) is 15.8. The fourth-order valence-corrected chi connectivity index (χ4v) is 4.53. The molecule has 3 nitrogen and oxygen atoms in total. The van der Waals surface area contributed by atoms with Crippen LogP contribution >= 0.6 is 0 Å². The monoisotopic (exact) mass is 496 g/mol. The lowest BCUT2D eigenvalue weighted by Gasteiger charge is -2.19. The van der Waals surface area contributed by atoms with Gasteiger partial charge in [-0.05, 0) is 44.9 Å². The molecule has 3 heteroatoms. The third kappa shape index (κ3) is 29.7. The van der Waals surface area contributed by atoms with Crippen LogP contribution in [0, 0.1) is 0 Å². The van der Waals surface area contributed by atoms with Crippen molar-refractivity contribution in [3.63, 3.8) is 0 Å². The van der Waals surface area contributed by atoms with Crippen LogP contribution in [0.25, 0.3) is 0 Å². The van der Waals surface area contributed by atoms with E-state index in [0.717, 1.165) is 26.1 Å². The normalized spacial score (nSPS) is 11.9. The minimum absolute atomic E-state index is 0.0210. The predicted molar refractivity (Wildman–Crippen MR) is 154 cm³/mol. The van der Waals surface area contributed by atoms with Crippen molar-refractivity contribution in [2.75, 3.05) is 19.8 Å². The Bertz CT molecular complexity index is 378. The summed E-state index contributed by atoms with van der Waals surface area (Å²) in [6.45, 7) is 6.56. The Morgan fingerprint density at radius 1 is 0.486 bits per heavy atom. The Kier molecular flexibility index (Phi) is 31.3. The molecule has 0 aliphatic heterocycles. The van der Waals surface area contributed by atoms with E-state index in [4.69, 9.17) is 14.6 Å². The topological polar surface area (TPSA) is 38.7 Å². The highest BCUT2D eigenvalue weighted by Gasteiger charge is 2.09. The van der Waals surface area contributed by atoms with Gasteiger partial charge < -0.3 is 14.6 Å². The molecule has 0 aromatic heterocycles. The van der Waals surface area contributed by atoms with Crippen LogP contribution in [-0.2, 0) is 9.47 Å². The van der Waals surface area contributed by atoms with Crippen molar-refractivity contribution in [2.24, 2.45) is 0 Å². The summed E-state index contributed by atoms with van der Waals surface area (Å²) in [7, 11) is 0. The zero-order chi connectivity index (χ0) is 25.5. The molecule has 0 aliphatic carbocycles. The van der Waals surface area contributed by atoms with Crippen LogP contribution in [0.3, 0.4) is 0 Å². The molecule has 0 fully saturated rings. The minimum atomic E-state index is 0.0210. The van der Waals surface area contributed by atoms with E-state index in [-0.39, 0.29) is 12.9 Å². The minimum Gasteiger partial charge on any atom is -0.396 e. The maximum Gasteiger partial charge on any atom is 0.157 e. The molecule has 0 spiro atoms. The van der Waals surface area contributed by atoms with Crippen LogP contribution in [-0.4, -0.2) is 31.2 Å². The third-order valence-electron chi connectivity index (χ3n) is 6.88. The van der Waals surface area contributed by atoms with Gasteiger partial charge in [-0.25, -0.2) is 0 Å². The SMILES string of the molecule is CCCCCCCCOC(CCCCCCCCCCC/C=C\CCO)OCCCCCCCC. The van der Waals surface area contributed by atoms with Gasteiger partial charge in [0.2, 0.25) is 0 Å². The summed E-state index contributed by atoms with van der Waals surface area (Å²) >= 11 is 0. The maximum atomic E-state index is 8.76. The molecule has 1 N–H and O–H groups in total. The van der Waals surface area contributed by atoms with Gasteiger partial charge in [-0.2, -0.15) is 0 Å². The fraction of sp³-hybridized carbons (Fsp3) is 0.938. The van der Waals surface area contributed by atoms with Gasteiger partial charge in [0.1, 0.15) is 0 Å². The van der Waals surface area contributed by atoms with E-state index in [1.165, 1.54) is 141 Å². The number of hydrogen-bond acceptors (Lipinski definition) is 3. The van der Waals surface area contributed by atoms with Crippen molar-refractivity contribution in [3.8, 4) is 0 Å². The van der Waals surface area contributed by atoms with Crippen LogP contribution in [0.4, 0.5) is 0 Å². The van der Waals surface area contributed by atoms with Gasteiger partial charge in [-0.3, -0.25) is 0 Å². The smallest absolute Gasteiger partial charge is 0.157 e. The Morgan fingerprint density at radius 2 is 0.886 bits per heavy atom. The first-order valence-corrected chi connectivity index (χ1v) is 15.8. The Balaban J connectivity index is 3.76. The maximum absolute atomic E-state index is 8.76. The first kappa shape index (κ1) is 34.6. The summed E-state index contributed by atoms with van der Waals surface area (Å²) in [5.74, 6) is 0. The lowest BCUT2D eigenvalue weighted by atomic mass is 10.1. The molecule has 0 saturated heterocycles. The van der Waals surface area contributed by atoms with E-state index in [9.17, 15) is 0 Å². The zero-order valence-electron chi connectivity index (χ0n) is 24.1. The van der Waals surface area contributed by atoms with Crippen molar-refractivity contribution in [3.05, 3.63) is 12.2 Å². The molecule has 0 radical (unpaired) electrons. The van der Waals surface area contributed by atoms with Crippen LogP contribution < -0.4 is 0 Å². The molecular formula is C32H64O3. The highest BCUT2D eigenvalue weighted by atomic mass is 16.7. The quantitative estimate of drug-likeness (QED) is 0.0610. The van der Waals surface area contributed by atoms with Crippen LogP contribution in [0.5, 0.6) is 0 Å². The van der Waals surface area contributed by atoms with Gasteiger partial charge in [-0.1, -0.05) is 135 Å². The Morgan fingerprint density at radius 3 is 1.37 bits per heavy atom. The van der Waals surface area contributed by atoms with E-state index < -0.39 is 0 Å². The second kappa shape index (κ2) is 31.6. The molecule has 0 amide bonds. The molecule has 0 saturated carbocycles. The van der Waals surface area contributed by atoms with E-state index in [1.54, 1.807) is 0 Å². The zero-order valence-corrected chi connectivity index (χ0v) is 24.1. The molecule has 0 bridgehead atoms. The number of rotatable bonds is 30. The fourth-order valence-electron chi connectivity index (χ4n) is 4.53. The molecular weight excluding hydrogens is 432 g/mol. The molecule has 0 aliphatic rings. The number of ether oxygens (including phenoxy) is 2. The van der Waals surface area contributed by atoms with Gasteiger partial charge in [0.15, 0.2) is 6.29 Å². The average Bonchev–Trinajstić information content (AvgIpc) is 2.87. The second-order valence-corrected chi connectivity index (χ2v) is 10.4. The van der Waals surface area contributed by atoms with Gasteiger partial charge in [-0.15, -0.1) is 0 Å². The summed E-state index contributed by atoms with van der Waals surface area (Å²) < 4.78 is 12.3. The van der Waals surface area contributed by atoms with Gasteiger partial charge >= 0.3 is 0 Å². The first-order chi connectivity index (χ1) is 17.3. The summed E-state index contributed by atoms with van der Waals surface area (Å²) in [5, 5.41) is 8.76. The Labute approximate surface area is 220 Å². The number of aliphatic hydroxyl groups is 1. The van der Waals surface area contributed by atoms with Crippen molar-refractivity contribution < 1.29 is 14.6 Å². The molecule has 0 rings (SSSR count). The van der Waals surface area contributed by atoms with Crippen molar-refractivity contribution in [1.29, 1.82) is 0 Å². The molecule has 35 heavy (non-hydrogen) atoms. The molecule has 210 valence electrons. The van der Waals surface area contributed by atoms with Crippen LogP contribution in [0.2, 0.25) is 0 Å². The van der Waals surface area contributed by atoms with Gasteiger partial charge in [0.25, 0.3) is 0 Å². The molecule has 0 aromatic carbocycles. The molecule has 0 heterocycles. The number of aliphatic hydroxyl groups excluding tert-OH is 1. The summed E-state index contributed by atoms with van der Waals surface area (Å²) in [6, 6.07) is 0. The van der Waals surface area contributed by atoms with Crippen molar-refractivity contribution in [2.45, 2.75) is 174 Å².